The van der Waals surface area contributed by atoms with Crippen LogP contribution in [0.3, 0.4) is 0 Å². The zero-order valence-corrected chi connectivity index (χ0v) is 7.53. The van der Waals surface area contributed by atoms with Gasteiger partial charge in [-0.25, -0.2) is 0 Å². The summed E-state index contributed by atoms with van der Waals surface area (Å²) >= 11 is 0. The number of anilines is 1. The number of benzene rings is 1. The van der Waals surface area contributed by atoms with Gasteiger partial charge in [0, 0.05) is 12.2 Å². The Bertz CT molecular complexity index is 351. The third kappa shape index (κ3) is 3.15. The Hall–Kier alpha value is -2.02. The van der Waals surface area contributed by atoms with E-state index in [-0.39, 0.29) is 6.42 Å². The van der Waals surface area contributed by atoms with Gasteiger partial charge in [-0.15, -0.1) is 0 Å². The molecular formula is C10H10N2O2. The summed E-state index contributed by atoms with van der Waals surface area (Å²) < 4.78 is 0. The second-order valence-electron chi connectivity index (χ2n) is 2.76. The van der Waals surface area contributed by atoms with E-state index in [4.69, 9.17) is 10.4 Å². The van der Waals surface area contributed by atoms with E-state index in [0.29, 0.717) is 12.1 Å². The van der Waals surface area contributed by atoms with E-state index < -0.39 is 5.97 Å². The summed E-state index contributed by atoms with van der Waals surface area (Å²) in [5.41, 5.74) is 1.42. The zero-order chi connectivity index (χ0) is 10.4. The number of rotatable bonds is 4. The van der Waals surface area contributed by atoms with Gasteiger partial charge in [-0.05, 0) is 24.3 Å². The molecule has 0 bridgehead atoms. The molecular weight excluding hydrogens is 180 g/mol. The molecule has 0 radical (unpaired) electrons. The van der Waals surface area contributed by atoms with Gasteiger partial charge in [0.1, 0.15) is 0 Å². The lowest BCUT2D eigenvalue weighted by Gasteiger charge is -2.03. The first-order valence-electron chi connectivity index (χ1n) is 4.18. The summed E-state index contributed by atoms with van der Waals surface area (Å²) in [5.74, 6) is -0.828. The van der Waals surface area contributed by atoms with E-state index in [1.165, 1.54) is 0 Å². The maximum absolute atomic E-state index is 10.2. The molecule has 72 valence electrons. The third-order valence-electron chi connectivity index (χ3n) is 1.68. The minimum absolute atomic E-state index is 0.0833. The molecule has 1 aromatic carbocycles. The van der Waals surface area contributed by atoms with Crippen molar-refractivity contribution in [1.82, 2.24) is 0 Å². The first-order valence-corrected chi connectivity index (χ1v) is 4.18. The largest absolute Gasteiger partial charge is 0.481 e. The van der Waals surface area contributed by atoms with Gasteiger partial charge in [0.05, 0.1) is 18.1 Å². The van der Waals surface area contributed by atoms with Crippen LogP contribution in [0.1, 0.15) is 12.0 Å². The molecule has 2 N–H and O–H groups in total. The normalized spacial score (nSPS) is 9.07. The van der Waals surface area contributed by atoms with Gasteiger partial charge in [-0.1, -0.05) is 0 Å². The number of nitriles is 1. The van der Waals surface area contributed by atoms with Crippen LogP contribution in [-0.4, -0.2) is 17.6 Å². The lowest BCUT2D eigenvalue weighted by atomic mass is 10.2. The number of carboxylic acids is 1. The number of nitrogens with zero attached hydrogens (tertiary/aromatic N) is 1. The Labute approximate surface area is 81.8 Å². The minimum atomic E-state index is -0.828. The highest BCUT2D eigenvalue weighted by atomic mass is 16.4. The molecule has 0 unspecified atom stereocenters. The fraction of sp³-hybridized carbons (Fsp3) is 0.200. The smallest absolute Gasteiger partial charge is 0.305 e. The Morgan fingerprint density at radius 1 is 1.43 bits per heavy atom. The molecule has 0 aliphatic heterocycles. The summed E-state index contributed by atoms with van der Waals surface area (Å²) in [4.78, 5) is 10.2. The monoisotopic (exact) mass is 190 g/mol. The second kappa shape index (κ2) is 4.87. The topological polar surface area (TPSA) is 73.1 Å². The van der Waals surface area contributed by atoms with E-state index in [9.17, 15) is 4.79 Å². The number of hydrogen-bond donors (Lipinski definition) is 2. The highest BCUT2D eigenvalue weighted by Gasteiger charge is 1.96. The molecule has 0 aliphatic rings. The lowest BCUT2D eigenvalue weighted by molar-refractivity contribution is -0.136. The van der Waals surface area contributed by atoms with Crippen LogP contribution in [0.25, 0.3) is 0 Å². The molecule has 14 heavy (non-hydrogen) atoms. The lowest BCUT2D eigenvalue weighted by Crippen LogP contribution is -2.07. The Morgan fingerprint density at radius 3 is 2.57 bits per heavy atom. The van der Waals surface area contributed by atoms with E-state index in [1.54, 1.807) is 24.3 Å². The number of aliphatic carboxylic acids is 1. The summed E-state index contributed by atoms with van der Waals surface area (Å²) in [7, 11) is 0. The van der Waals surface area contributed by atoms with Gasteiger partial charge in [0.25, 0.3) is 0 Å². The second-order valence-corrected chi connectivity index (χ2v) is 2.76. The van der Waals surface area contributed by atoms with Crippen molar-refractivity contribution in [3.8, 4) is 6.07 Å². The van der Waals surface area contributed by atoms with Gasteiger partial charge in [0.15, 0.2) is 0 Å². The van der Waals surface area contributed by atoms with Crippen molar-refractivity contribution in [1.29, 1.82) is 5.26 Å². The van der Waals surface area contributed by atoms with Crippen molar-refractivity contribution in [3.63, 3.8) is 0 Å². The number of nitrogens with one attached hydrogen (secondary N) is 1. The van der Waals surface area contributed by atoms with Crippen LogP contribution >= 0.6 is 0 Å². The quantitative estimate of drug-likeness (QED) is 0.753. The van der Waals surface area contributed by atoms with Crippen molar-refractivity contribution >= 4 is 11.7 Å². The Balaban J connectivity index is 2.45. The SMILES string of the molecule is N#Cc1ccc(NCCC(=O)O)cc1. The van der Waals surface area contributed by atoms with Crippen molar-refractivity contribution in [3.05, 3.63) is 29.8 Å². The van der Waals surface area contributed by atoms with Crippen LogP contribution in [0, 0.1) is 11.3 Å². The van der Waals surface area contributed by atoms with E-state index in [1.807, 2.05) is 6.07 Å². The van der Waals surface area contributed by atoms with Crippen LogP contribution in [0.2, 0.25) is 0 Å². The van der Waals surface area contributed by atoms with E-state index in [2.05, 4.69) is 5.32 Å². The molecule has 0 aromatic heterocycles. The summed E-state index contributed by atoms with van der Waals surface area (Å²) in [6, 6.07) is 8.87. The summed E-state index contributed by atoms with van der Waals surface area (Å²) in [6.07, 6.45) is 0.0833. The van der Waals surface area contributed by atoms with Crippen LogP contribution in [0.5, 0.6) is 0 Å². The molecule has 0 saturated heterocycles. The van der Waals surface area contributed by atoms with Gasteiger partial charge in [-0.2, -0.15) is 5.26 Å². The van der Waals surface area contributed by atoms with E-state index >= 15 is 0 Å². The number of carboxylic acid groups (broad SMARTS) is 1. The van der Waals surface area contributed by atoms with Crippen molar-refractivity contribution in [2.75, 3.05) is 11.9 Å². The first kappa shape index (κ1) is 10.1. The highest BCUT2D eigenvalue weighted by molar-refractivity contribution is 5.67. The molecule has 0 fully saturated rings. The molecule has 1 aromatic rings. The number of carbonyl (C=O) groups is 1. The van der Waals surface area contributed by atoms with Gasteiger partial charge in [-0.3, -0.25) is 4.79 Å². The van der Waals surface area contributed by atoms with Crippen molar-refractivity contribution < 1.29 is 9.90 Å². The van der Waals surface area contributed by atoms with Crippen LogP contribution < -0.4 is 5.32 Å². The molecule has 0 aliphatic carbocycles. The van der Waals surface area contributed by atoms with Gasteiger partial charge < -0.3 is 10.4 Å². The average Bonchev–Trinajstić information content (AvgIpc) is 2.18. The van der Waals surface area contributed by atoms with Crippen LogP contribution in [0.4, 0.5) is 5.69 Å². The Morgan fingerprint density at radius 2 is 2.07 bits per heavy atom. The molecule has 0 spiro atoms. The van der Waals surface area contributed by atoms with Gasteiger partial charge in [0.2, 0.25) is 0 Å². The summed E-state index contributed by atoms with van der Waals surface area (Å²) in [6.45, 7) is 0.390. The predicted molar refractivity (Wildman–Crippen MR) is 51.9 cm³/mol. The third-order valence-corrected chi connectivity index (χ3v) is 1.68. The molecule has 0 saturated carbocycles. The molecule has 1 rings (SSSR count). The Kier molecular flexibility index (Phi) is 3.50. The standard InChI is InChI=1S/C10H10N2O2/c11-7-8-1-3-9(4-2-8)12-6-5-10(13)14/h1-4,12H,5-6H2,(H,13,14). The first-order chi connectivity index (χ1) is 6.72. The highest BCUT2D eigenvalue weighted by Crippen LogP contribution is 2.08. The molecule has 4 nitrogen and oxygen atoms in total. The molecule has 0 amide bonds. The fourth-order valence-electron chi connectivity index (χ4n) is 0.976. The van der Waals surface area contributed by atoms with E-state index in [0.717, 1.165) is 5.69 Å². The van der Waals surface area contributed by atoms with Crippen LogP contribution in [-0.2, 0) is 4.79 Å². The molecule has 0 heterocycles. The van der Waals surface area contributed by atoms with Gasteiger partial charge >= 0.3 is 5.97 Å². The van der Waals surface area contributed by atoms with Crippen LogP contribution in [0.15, 0.2) is 24.3 Å². The average molecular weight is 190 g/mol. The fourth-order valence-corrected chi connectivity index (χ4v) is 0.976. The summed E-state index contributed by atoms with van der Waals surface area (Å²) in [5, 5.41) is 19.9. The van der Waals surface area contributed by atoms with Crippen molar-refractivity contribution in [2.45, 2.75) is 6.42 Å². The number of hydrogen-bond acceptors (Lipinski definition) is 3. The minimum Gasteiger partial charge on any atom is -0.481 e. The van der Waals surface area contributed by atoms with Crippen molar-refractivity contribution in [2.24, 2.45) is 0 Å². The zero-order valence-electron chi connectivity index (χ0n) is 7.53. The molecule has 4 heteroatoms. The predicted octanol–water partition coefficient (Wildman–Crippen LogP) is 1.44. The maximum Gasteiger partial charge on any atom is 0.305 e. The molecule has 0 atom stereocenters. The maximum atomic E-state index is 10.2.